The van der Waals surface area contributed by atoms with Gasteiger partial charge in [-0.15, -0.1) is 11.3 Å². The Labute approximate surface area is 169 Å². The fourth-order valence-corrected chi connectivity index (χ4v) is 4.65. The zero-order valence-electron chi connectivity index (χ0n) is 15.8. The maximum Gasteiger partial charge on any atom is 0.332 e. The van der Waals surface area contributed by atoms with Crippen LogP contribution in [0.1, 0.15) is 27.7 Å². The van der Waals surface area contributed by atoms with E-state index in [9.17, 15) is 5.11 Å². The molecular formula is C22H21BClO2S. The summed E-state index contributed by atoms with van der Waals surface area (Å²) in [5.74, 6) is 0. The molecular weight excluding hydrogens is 375 g/mol. The summed E-state index contributed by atoms with van der Waals surface area (Å²) >= 11 is 8.50. The van der Waals surface area contributed by atoms with Crippen LogP contribution in [0.4, 0.5) is 0 Å². The smallest absolute Gasteiger partial charge is 0.332 e. The molecule has 4 rings (SSSR count). The molecule has 2 nitrogen and oxygen atoms in total. The van der Waals surface area contributed by atoms with Gasteiger partial charge < -0.3 is 9.76 Å². The second-order valence-corrected chi connectivity index (χ2v) is 9.31. The van der Waals surface area contributed by atoms with Crippen molar-refractivity contribution in [3.8, 4) is 0 Å². The molecule has 1 heterocycles. The molecule has 0 bridgehead atoms. The van der Waals surface area contributed by atoms with E-state index in [-0.39, 0.29) is 0 Å². The third-order valence-corrected chi connectivity index (χ3v) is 7.16. The Balaban J connectivity index is 2.00. The van der Waals surface area contributed by atoms with E-state index >= 15 is 0 Å². The van der Waals surface area contributed by atoms with Gasteiger partial charge in [0.2, 0.25) is 0 Å². The second kappa shape index (κ2) is 6.49. The molecule has 1 N–H and O–H groups in total. The Bertz CT molecular complexity index is 1160. The van der Waals surface area contributed by atoms with Crippen LogP contribution >= 0.6 is 22.9 Å². The molecule has 0 spiro atoms. The first-order valence-corrected chi connectivity index (χ1v) is 10.1. The number of hydrogen-bond donors (Lipinski definition) is 1. The first kappa shape index (κ1) is 18.8. The van der Waals surface area contributed by atoms with Crippen molar-refractivity contribution in [1.82, 2.24) is 0 Å². The van der Waals surface area contributed by atoms with Gasteiger partial charge in [0, 0.05) is 10.1 Å². The minimum atomic E-state index is -0.985. The van der Waals surface area contributed by atoms with Gasteiger partial charge in [-0.3, -0.25) is 0 Å². The van der Waals surface area contributed by atoms with Crippen LogP contribution in [0.3, 0.4) is 0 Å². The van der Waals surface area contributed by atoms with Crippen LogP contribution in [0.2, 0.25) is 5.02 Å². The van der Waals surface area contributed by atoms with Gasteiger partial charge in [0.15, 0.2) is 0 Å². The van der Waals surface area contributed by atoms with Gasteiger partial charge in [-0.2, -0.15) is 0 Å². The van der Waals surface area contributed by atoms with Gasteiger partial charge in [0.1, 0.15) is 0 Å². The fraction of sp³-hybridized carbons (Fsp3) is 0.273. The summed E-state index contributed by atoms with van der Waals surface area (Å²) in [5, 5.41) is 15.6. The van der Waals surface area contributed by atoms with E-state index < -0.39 is 11.2 Å². The quantitative estimate of drug-likeness (QED) is 0.451. The Kier molecular flexibility index (Phi) is 4.51. The molecule has 27 heavy (non-hydrogen) atoms. The lowest BCUT2D eigenvalue weighted by Gasteiger charge is -2.37. The summed E-state index contributed by atoms with van der Waals surface area (Å²) in [5.41, 5.74) is -0.729. The number of rotatable bonds is 4. The standard InChI is InChI=1S/C22H21BClO2S/c1-21(2,25)22(3,4)26-23-18-13-9-5-6-10-14(13)19(24)20-17(18)15-11-7-8-12-16(15)27-20/h5-12,25H,1-4H3. The summed E-state index contributed by atoms with van der Waals surface area (Å²) in [6.45, 7) is 7.31. The lowest BCUT2D eigenvalue weighted by Crippen LogP contribution is -2.49. The Morgan fingerprint density at radius 2 is 1.52 bits per heavy atom. The largest absolute Gasteiger partial charge is 0.427 e. The van der Waals surface area contributed by atoms with Gasteiger partial charge in [0.05, 0.1) is 20.9 Å². The highest BCUT2D eigenvalue weighted by atomic mass is 35.5. The third kappa shape index (κ3) is 3.05. The number of thiophene rings is 1. The molecule has 4 aromatic rings. The van der Waals surface area contributed by atoms with Gasteiger partial charge in [-0.1, -0.05) is 54.1 Å². The van der Waals surface area contributed by atoms with Gasteiger partial charge in [0.25, 0.3) is 0 Å². The minimum absolute atomic E-state index is 0.744. The third-order valence-electron chi connectivity index (χ3n) is 5.46. The zero-order valence-corrected chi connectivity index (χ0v) is 17.4. The molecule has 0 fully saturated rings. The highest BCUT2D eigenvalue weighted by molar-refractivity contribution is 7.26. The molecule has 0 aliphatic heterocycles. The van der Waals surface area contributed by atoms with Crippen LogP contribution in [0.15, 0.2) is 48.5 Å². The molecule has 0 aliphatic rings. The Hall–Kier alpha value is -1.59. The minimum Gasteiger partial charge on any atom is -0.427 e. The SMILES string of the molecule is CC(C)(O)C(C)(C)O[B]c1c2ccccc2c(Cl)c2sc3ccccc3c12. The number of fused-ring (bicyclic) bond motifs is 4. The Morgan fingerprint density at radius 1 is 0.926 bits per heavy atom. The van der Waals surface area contributed by atoms with Crippen molar-refractivity contribution in [2.24, 2.45) is 0 Å². The van der Waals surface area contributed by atoms with Crippen molar-refractivity contribution < 1.29 is 9.76 Å². The van der Waals surface area contributed by atoms with E-state index in [0.717, 1.165) is 31.3 Å². The maximum absolute atomic E-state index is 10.5. The van der Waals surface area contributed by atoms with Crippen molar-refractivity contribution in [2.45, 2.75) is 38.9 Å². The van der Waals surface area contributed by atoms with Crippen molar-refractivity contribution >= 4 is 66.8 Å². The molecule has 1 radical (unpaired) electrons. The van der Waals surface area contributed by atoms with Crippen LogP contribution in [0.5, 0.6) is 0 Å². The monoisotopic (exact) mass is 395 g/mol. The van der Waals surface area contributed by atoms with Gasteiger partial charge in [-0.25, -0.2) is 0 Å². The summed E-state index contributed by atoms with van der Waals surface area (Å²) in [6.07, 6.45) is 0. The van der Waals surface area contributed by atoms with E-state index in [1.165, 1.54) is 10.1 Å². The molecule has 0 atom stereocenters. The molecule has 3 aromatic carbocycles. The van der Waals surface area contributed by atoms with Crippen molar-refractivity contribution in [1.29, 1.82) is 0 Å². The van der Waals surface area contributed by atoms with Crippen LogP contribution in [-0.2, 0) is 4.65 Å². The number of aliphatic hydroxyl groups is 1. The van der Waals surface area contributed by atoms with E-state index in [4.69, 9.17) is 16.3 Å². The van der Waals surface area contributed by atoms with Crippen LogP contribution in [0, 0.1) is 0 Å². The lowest BCUT2D eigenvalue weighted by atomic mass is 9.78. The van der Waals surface area contributed by atoms with E-state index in [2.05, 4.69) is 18.2 Å². The Morgan fingerprint density at radius 3 is 2.19 bits per heavy atom. The molecule has 0 aliphatic carbocycles. The molecule has 0 saturated carbocycles. The summed E-state index contributed by atoms with van der Waals surface area (Å²) < 4.78 is 8.40. The predicted molar refractivity (Wildman–Crippen MR) is 119 cm³/mol. The predicted octanol–water partition coefficient (Wildman–Crippen LogP) is 5.67. The topological polar surface area (TPSA) is 29.5 Å². The second-order valence-electron chi connectivity index (χ2n) is 7.88. The normalized spacial score (nSPS) is 13.0. The molecule has 5 heteroatoms. The van der Waals surface area contributed by atoms with Crippen molar-refractivity contribution in [3.63, 3.8) is 0 Å². The maximum atomic E-state index is 10.5. The van der Waals surface area contributed by atoms with Crippen LogP contribution in [-0.4, -0.2) is 23.8 Å². The molecule has 1 aromatic heterocycles. The average molecular weight is 396 g/mol. The summed E-state index contributed by atoms with van der Waals surface area (Å²) in [4.78, 5) is 0. The molecule has 137 valence electrons. The van der Waals surface area contributed by atoms with Crippen LogP contribution < -0.4 is 5.46 Å². The van der Waals surface area contributed by atoms with Crippen molar-refractivity contribution in [2.75, 3.05) is 0 Å². The number of hydrogen-bond acceptors (Lipinski definition) is 3. The van der Waals surface area contributed by atoms with E-state index in [0.29, 0.717) is 0 Å². The zero-order chi connectivity index (χ0) is 19.4. The molecule has 0 saturated heterocycles. The first-order chi connectivity index (χ1) is 12.7. The van der Waals surface area contributed by atoms with Crippen molar-refractivity contribution in [3.05, 3.63) is 53.6 Å². The summed E-state index contributed by atoms with van der Waals surface area (Å²) in [6, 6.07) is 16.4. The highest BCUT2D eigenvalue weighted by Crippen LogP contribution is 2.40. The van der Waals surface area contributed by atoms with Gasteiger partial charge >= 0.3 is 7.48 Å². The first-order valence-electron chi connectivity index (χ1n) is 8.95. The average Bonchev–Trinajstić information content (AvgIpc) is 3.01. The van der Waals surface area contributed by atoms with Gasteiger partial charge in [-0.05, 0) is 55.4 Å². The fourth-order valence-electron chi connectivity index (χ4n) is 3.11. The number of benzene rings is 3. The molecule has 0 amide bonds. The van der Waals surface area contributed by atoms with Crippen LogP contribution in [0.25, 0.3) is 30.9 Å². The van der Waals surface area contributed by atoms with E-state index in [1.807, 2.05) is 44.2 Å². The number of halogens is 1. The molecule has 0 unspecified atom stereocenters. The highest BCUT2D eigenvalue weighted by Gasteiger charge is 2.36. The van der Waals surface area contributed by atoms with E-state index in [1.54, 1.807) is 32.7 Å². The summed E-state index contributed by atoms with van der Waals surface area (Å²) in [7, 11) is 1.79. The lowest BCUT2D eigenvalue weighted by molar-refractivity contribution is -0.0892.